The molecule has 0 amide bonds. The van der Waals surface area contributed by atoms with Gasteiger partial charge in [0.15, 0.2) is 6.23 Å². The number of hydrogen-bond acceptors (Lipinski definition) is 4. The van der Waals surface area contributed by atoms with Crippen LogP contribution in [0.5, 0.6) is 5.75 Å². The normalized spacial score (nSPS) is 11.8. The number of benzene rings is 1. The predicted octanol–water partition coefficient (Wildman–Crippen LogP) is 2.66. The topological polar surface area (TPSA) is 49.8 Å². The van der Waals surface area contributed by atoms with E-state index in [1.54, 1.807) is 18.2 Å². The SMILES string of the molecule is CCN(CC)C(C)OC(=O)c1ccccc1O.Cl. The van der Waals surface area contributed by atoms with Gasteiger partial charge in [0, 0.05) is 0 Å². The summed E-state index contributed by atoms with van der Waals surface area (Å²) < 4.78 is 5.29. The quantitative estimate of drug-likeness (QED) is 0.662. The highest BCUT2D eigenvalue weighted by molar-refractivity contribution is 5.92. The lowest BCUT2D eigenvalue weighted by Gasteiger charge is -2.25. The molecule has 0 bridgehead atoms. The van der Waals surface area contributed by atoms with E-state index in [0.717, 1.165) is 13.1 Å². The summed E-state index contributed by atoms with van der Waals surface area (Å²) in [5, 5.41) is 9.53. The molecule has 102 valence electrons. The second-order valence-electron chi connectivity index (χ2n) is 3.74. The van der Waals surface area contributed by atoms with E-state index in [4.69, 9.17) is 4.74 Å². The molecule has 0 aliphatic rings. The van der Waals surface area contributed by atoms with Crippen molar-refractivity contribution in [3.63, 3.8) is 0 Å². The number of ether oxygens (including phenoxy) is 1. The molecule has 0 saturated carbocycles. The first-order valence-corrected chi connectivity index (χ1v) is 5.83. The van der Waals surface area contributed by atoms with Gasteiger partial charge in [0.1, 0.15) is 11.3 Å². The molecule has 0 saturated heterocycles. The van der Waals surface area contributed by atoms with Crippen molar-refractivity contribution in [1.82, 2.24) is 4.90 Å². The van der Waals surface area contributed by atoms with Crippen LogP contribution in [0.1, 0.15) is 31.1 Å². The third-order valence-corrected chi connectivity index (χ3v) is 2.73. The summed E-state index contributed by atoms with van der Waals surface area (Å²) in [6, 6.07) is 6.38. The summed E-state index contributed by atoms with van der Waals surface area (Å²) in [5.41, 5.74) is 0.200. The fourth-order valence-electron chi connectivity index (χ4n) is 1.68. The van der Waals surface area contributed by atoms with Crippen molar-refractivity contribution in [3.05, 3.63) is 29.8 Å². The third kappa shape index (κ3) is 4.20. The van der Waals surface area contributed by atoms with Gasteiger partial charge in [0.2, 0.25) is 0 Å². The molecule has 18 heavy (non-hydrogen) atoms. The zero-order valence-electron chi connectivity index (χ0n) is 10.9. The molecular weight excluding hydrogens is 254 g/mol. The summed E-state index contributed by atoms with van der Waals surface area (Å²) in [5.74, 6) is -0.549. The molecule has 0 radical (unpaired) electrons. The van der Waals surface area contributed by atoms with E-state index in [1.165, 1.54) is 6.07 Å². The van der Waals surface area contributed by atoms with E-state index in [-0.39, 0.29) is 29.9 Å². The van der Waals surface area contributed by atoms with Crippen LogP contribution in [0.3, 0.4) is 0 Å². The number of hydrogen-bond donors (Lipinski definition) is 1. The first-order chi connectivity index (χ1) is 8.10. The smallest absolute Gasteiger partial charge is 0.343 e. The van der Waals surface area contributed by atoms with Crippen LogP contribution < -0.4 is 0 Å². The maximum Gasteiger partial charge on any atom is 0.343 e. The minimum absolute atomic E-state index is 0. The number of aromatic hydroxyl groups is 1. The van der Waals surface area contributed by atoms with E-state index in [0.29, 0.717) is 0 Å². The standard InChI is InChI=1S/C13H19NO3.ClH/c1-4-14(5-2)10(3)17-13(16)11-8-6-7-9-12(11)15;/h6-10,15H,4-5H2,1-3H3;1H. The molecule has 0 heterocycles. The number of halogens is 1. The Morgan fingerprint density at radius 3 is 2.39 bits per heavy atom. The highest BCUT2D eigenvalue weighted by Crippen LogP contribution is 2.17. The van der Waals surface area contributed by atoms with Crippen molar-refractivity contribution >= 4 is 18.4 Å². The lowest BCUT2D eigenvalue weighted by Crippen LogP contribution is -2.36. The van der Waals surface area contributed by atoms with Crippen molar-refractivity contribution in [1.29, 1.82) is 0 Å². The molecule has 0 fully saturated rings. The molecule has 1 aromatic carbocycles. The van der Waals surface area contributed by atoms with Crippen LogP contribution in [0.4, 0.5) is 0 Å². The van der Waals surface area contributed by atoms with Crippen LogP contribution in [0.25, 0.3) is 0 Å². The minimum atomic E-state index is -0.498. The Hall–Kier alpha value is -1.26. The molecule has 4 nitrogen and oxygen atoms in total. The van der Waals surface area contributed by atoms with Crippen molar-refractivity contribution < 1.29 is 14.6 Å². The minimum Gasteiger partial charge on any atom is -0.507 e. The fraction of sp³-hybridized carbons (Fsp3) is 0.462. The number of nitrogens with zero attached hydrogens (tertiary/aromatic N) is 1. The summed E-state index contributed by atoms with van der Waals surface area (Å²) in [4.78, 5) is 13.8. The Kier molecular flexibility index (Phi) is 7.39. The maximum absolute atomic E-state index is 11.8. The monoisotopic (exact) mass is 273 g/mol. The number of esters is 1. The molecule has 1 rings (SSSR count). The molecule has 1 atom stereocenters. The lowest BCUT2D eigenvalue weighted by atomic mass is 10.2. The number of carbonyl (C=O) groups is 1. The Morgan fingerprint density at radius 2 is 1.89 bits per heavy atom. The summed E-state index contributed by atoms with van der Waals surface area (Å²) in [6.45, 7) is 7.46. The second-order valence-corrected chi connectivity index (χ2v) is 3.74. The molecule has 5 heteroatoms. The van der Waals surface area contributed by atoms with Crippen LogP contribution in [0.15, 0.2) is 24.3 Å². The van der Waals surface area contributed by atoms with E-state index >= 15 is 0 Å². The Labute approximate surface area is 114 Å². The van der Waals surface area contributed by atoms with Gasteiger partial charge < -0.3 is 9.84 Å². The highest BCUT2D eigenvalue weighted by atomic mass is 35.5. The Balaban J connectivity index is 0.00000289. The zero-order valence-corrected chi connectivity index (χ0v) is 11.7. The van der Waals surface area contributed by atoms with E-state index < -0.39 is 5.97 Å². The lowest BCUT2D eigenvalue weighted by molar-refractivity contribution is -0.0198. The number of carbonyl (C=O) groups excluding carboxylic acids is 1. The summed E-state index contributed by atoms with van der Waals surface area (Å²) in [7, 11) is 0. The van der Waals surface area contributed by atoms with Gasteiger partial charge in [-0.25, -0.2) is 4.79 Å². The van der Waals surface area contributed by atoms with E-state index in [9.17, 15) is 9.90 Å². The first kappa shape index (κ1) is 16.7. The molecule has 0 spiro atoms. The van der Waals surface area contributed by atoms with Gasteiger partial charge in [-0.2, -0.15) is 0 Å². The van der Waals surface area contributed by atoms with Gasteiger partial charge in [-0.3, -0.25) is 4.90 Å². The fourth-order valence-corrected chi connectivity index (χ4v) is 1.68. The van der Waals surface area contributed by atoms with Crippen LogP contribution in [0, 0.1) is 0 Å². The van der Waals surface area contributed by atoms with E-state index in [1.807, 2.05) is 25.7 Å². The van der Waals surface area contributed by atoms with Crippen molar-refractivity contribution in [2.24, 2.45) is 0 Å². The zero-order chi connectivity index (χ0) is 12.8. The highest BCUT2D eigenvalue weighted by Gasteiger charge is 2.18. The number of phenols is 1. The third-order valence-electron chi connectivity index (χ3n) is 2.73. The van der Waals surface area contributed by atoms with Crippen molar-refractivity contribution in [2.75, 3.05) is 13.1 Å². The van der Waals surface area contributed by atoms with Gasteiger partial charge in [0.25, 0.3) is 0 Å². The maximum atomic E-state index is 11.8. The number of phenolic OH excluding ortho intramolecular Hbond substituents is 1. The molecule has 1 aromatic rings. The Bertz CT molecular complexity index is 380. The van der Waals surface area contributed by atoms with Gasteiger partial charge >= 0.3 is 5.97 Å². The second kappa shape index (κ2) is 7.95. The first-order valence-electron chi connectivity index (χ1n) is 5.83. The predicted molar refractivity (Wildman–Crippen MR) is 73.2 cm³/mol. The molecule has 0 aliphatic carbocycles. The van der Waals surface area contributed by atoms with Crippen LogP contribution in [-0.4, -0.2) is 35.3 Å². The molecular formula is C13H20ClNO3. The van der Waals surface area contributed by atoms with Crippen molar-refractivity contribution in [2.45, 2.75) is 27.0 Å². The van der Waals surface area contributed by atoms with Crippen molar-refractivity contribution in [3.8, 4) is 5.75 Å². The molecule has 0 aliphatic heterocycles. The molecule has 1 N–H and O–H groups in total. The number of para-hydroxylation sites is 1. The van der Waals surface area contributed by atoms with Crippen LogP contribution in [-0.2, 0) is 4.74 Å². The van der Waals surface area contributed by atoms with Gasteiger partial charge in [0.05, 0.1) is 0 Å². The number of rotatable bonds is 5. The summed E-state index contributed by atoms with van der Waals surface area (Å²) in [6.07, 6.45) is -0.294. The molecule has 0 aromatic heterocycles. The van der Waals surface area contributed by atoms with Gasteiger partial charge in [-0.15, -0.1) is 12.4 Å². The largest absolute Gasteiger partial charge is 0.507 e. The molecule has 1 unspecified atom stereocenters. The van der Waals surface area contributed by atoms with Crippen LogP contribution in [0.2, 0.25) is 0 Å². The van der Waals surface area contributed by atoms with Crippen LogP contribution >= 0.6 is 12.4 Å². The van der Waals surface area contributed by atoms with E-state index in [2.05, 4.69) is 0 Å². The summed E-state index contributed by atoms with van der Waals surface area (Å²) >= 11 is 0. The Morgan fingerprint density at radius 1 is 1.33 bits per heavy atom. The average molecular weight is 274 g/mol. The average Bonchev–Trinajstić information content (AvgIpc) is 2.31. The van der Waals surface area contributed by atoms with Gasteiger partial charge in [-0.05, 0) is 32.1 Å². The van der Waals surface area contributed by atoms with Gasteiger partial charge in [-0.1, -0.05) is 26.0 Å².